The summed E-state index contributed by atoms with van der Waals surface area (Å²) in [5.74, 6) is -0.0906. The molecule has 0 saturated carbocycles. The summed E-state index contributed by atoms with van der Waals surface area (Å²) < 4.78 is 6.80. The van der Waals surface area contributed by atoms with Crippen LogP contribution in [0.25, 0.3) is 6.08 Å². The second-order valence-corrected chi connectivity index (χ2v) is 5.41. The Morgan fingerprint density at radius 1 is 1.39 bits per heavy atom. The van der Waals surface area contributed by atoms with Gasteiger partial charge in [0, 0.05) is 20.2 Å². The standard InChI is InChI=1S/C17H22N4O2/c1-14(13-23-3)20(2)17(22)10-9-16-12-21(19-18-16)11-15-7-5-4-6-8-15/h4-10,12,14H,11,13H2,1-3H3. The summed E-state index contributed by atoms with van der Waals surface area (Å²) in [6, 6.07) is 10.0. The van der Waals surface area contributed by atoms with Gasteiger partial charge >= 0.3 is 0 Å². The van der Waals surface area contributed by atoms with Gasteiger partial charge in [-0.1, -0.05) is 35.5 Å². The molecule has 2 aromatic rings. The molecule has 1 amide bonds. The molecule has 0 aliphatic carbocycles. The molecule has 6 nitrogen and oxygen atoms in total. The van der Waals surface area contributed by atoms with Gasteiger partial charge in [-0.05, 0) is 18.6 Å². The van der Waals surface area contributed by atoms with Crippen LogP contribution in [-0.4, -0.2) is 52.6 Å². The molecule has 23 heavy (non-hydrogen) atoms. The fourth-order valence-electron chi connectivity index (χ4n) is 2.08. The van der Waals surface area contributed by atoms with Crippen molar-refractivity contribution in [3.63, 3.8) is 0 Å². The maximum absolute atomic E-state index is 12.1. The fraction of sp³-hybridized carbons (Fsp3) is 0.353. The van der Waals surface area contributed by atoms with E-state index in [-0.39, 0.29) is 11.9 Å². The molecule has 0 radical (unpaired) electrons. The van der Waals surface area contributed by atoms with Gasteiger partial charge in [-0.15, -0.1) is 5.10 Å². The van der Waals surface area contributed by atoms with E-state index < -0.39 is 0 Å². The Morgan fingerprint density at radius 3 is 2.83 bits per heavy atom. The molecule has 0 saturated heterocycles. The van der Waals surface area contributed by atoms with Gasteiger partial charge in [0.2, 0.25) is 5.91 Å². The quantitative estimate of drug-likeness (QED) is 0.732. The molecule has 2 rings (SSSR count). The second kappa shape index (κ2) is 8.24. The first-order chi connectivity index (χ1) is 11.1. The number of amides is 1. The Morgan fingerprint density at radius 2 is 2.13 bits per heavy atom. The van der Waals surface area contributed by atoms with Crippen molar-refractivity contribution in [1.29, 1.82) is 0 Å². The fourth-order valence-corrected chi connectivity index (χ4v) is 2.08. The summed E-state index contributed by atoms with van der Waals surface area (Å²) in [5, 5.41) is 8.12. The van der Waals surface area contributed by atoms with E-state index in [1.165, 1.54) is 6.08 Å². The zero-order chi connectivity index (χ0) is 16.7. The molecule has 0 N–H and O–H groups in total. The summed E-state index contributed by atoms with van der Waals surface area (Å²) in [4.78, 5) is 13.7. The van der Waals surface area contributed by atoms with E-state index in [0.717, 1.165) is 5.56 Å². The van der Waals surface area contributed by atoms with Crippen LogP contribution >= 0.6 is 0 Å². The minimum absolute atomic E-state index is 0.0194. The Kier molecular flexibility index (Phi) is 6.05. The maximum Gasteiger partial charge on any atom is 0.246 e. The Balaban J connectivity index is 1.94. The third kappa shape index (κ3) is 5.03. The molecule has 0 spiro atoms. The molecule has 0 aliphatic rings. The number of rotatable bonds is 7. The first kappa shape index (κ1) is 16.9. The van der Waals surface area contributed by atoms with Crippen LogP contribution in [0.1, 0.15) is 18.2 Å². The topological polar surface area (TPSA) is 60.2 Å². The van der Waals surface area contributed by atoms with E-state index in [1.807, 2.05) is 43.5 Å². The number of carbonyl (C=O) groups is 1. The molecule has 0 bridgehead atoms. The number of carbonyl (C=O) groups excluding carboxylic acids is 1. The summed E-state index contributed by atoms with van der Waals surface area (Å²) >= 11 is 0. The van der Waals surface area contributed by atoms with E-state index >= 15 is 0 Å². The van der Waals surface area contributed by atoms with E-state index in [2.05, 4.69) is 10.3 Å². The zero-order valence-corrected chi connectivity index (χ0v) is 13.7. The molecular weight excluding hydrogens is 292 g/mol. The van der Waals surface area contributed by atoms with Crippen LogP contribution in [0.3, 0.4) is 0 Å². The summed E-state index contributed by atoms with van der Waals surface area (Å²) in [6.45, 7) is 3.09. The zero-order valence-electron chi connectivity index (χ0n) is 13.7. The monoisotopic (exact) mass is 314 g/mol. The minimum Gasteiger partial charge on any atom is -0.383 e. The minimum atomic E-state index is -0.0906. The van der Waals surface area contributed by atoms with Gasteiger partial charge in [0.05, 0.1) is 25.4 Å². The van der Waals surface area contributed by atoms with Crippen molar-refractivity contribution in [3.05, 3.63) is 53.9 Å². The van der Waals surface area contributed by atoms with E-state index in [4.69, 9.17) is 4.74 Å². The number of hydrogen-bond donors (Lipinski definition) is 0. The molecule has 0 fully saturated rings. The van der Waals surface area contributed by atoms with Crippen molar-refractivity contribution in [1.82, 2.24) is 19.9 Å². The number of methoxy groups -OCH3 is 1. The van der Waals surface area contributed by atoms with Gasteiger partial charge in [-0.2, -0.15) is 0 Å². The number of benzene rings is 1. The number of nitrogens with zero attached hydrogens (tertiary/aromatic N) is 4. The first-order valence-corrected chi connectivity index (χ1v) is 7.48. The van der Waals surface area contributed by atoms with Crippen LogP contribution in [0.5, 0.6) is 0 Å². The van der Waals surface area contributed by atoms with E-state index in [9.17, 15) is 4.79 Å². The lowest BCUT2D eigenvalue weighted by atomic mass is 10.2. The highest BCUT2D eigenvalue weighted by atomic mass is 16.5. The third-order valence-corrected chi connectivity index (χ3v) is 3.56. The Bertz CT molecular complexity index is 652. The average Bonchev–Trinajstić information content (AvgIpc) is 3.00. The van der Waals surface area contributed by atoms with E-state index in [1.54, 1.807) is 29.8 Å². The number of aromatic nitrogens is 3. The summed E-state index contributed by atoms with van der Waals surface area (Å²) in [6.07, 6.45) is 4.99. The third-order valence-electron chi connectivity index (χ3n) is 3.56. The molecule has 1 unspecified atom stereocenters. The first-order valence-electron chi connectivity index (χ1n) is 7.48. The van der Waals surface area contributed by atoms with Gasteiger partial charge in [0.15, 0.2) is 0 Å². The smallest absolute Gasteiger partial charge is 0.246 e. The molecule has 6 heteroatoms. The highest BCUT2D eigenvalue weighted by molar-refractivity contribution is 5.91. The van der Waals surface area contributed by atoms with Gasteiger partial charge < -0.3 is 9.64 Å². The van der Waals surface area contributed by atoms with Crippen LogP contribution < -0.4 is 0 Å². The molecule has 0 aliphatic heterocycles. The van der Waals surface area contributed by atoms with E-state index in [0.29, 0.717) is 18.8 Å². The van der Waals surface area contributed by atoms with Gasteiger partial charge in [0.25, 0.3) is 0 Å². The molecule has 1 aromatic carbocycles. The predicted molar refractivity (Wildman–Crippen MR) is 88.7 cm³/mol. The van der Waals surface area contributed by atoms with Crippen molar-refractivity contribution in [2.24, 2.45) is 0 Å². The number of likely N-dealkylation sites (N-methyl/N-ethyl adjacent to an activating group) is 1. The predicted octanol–water partition coefficient (Wildman–Crippen LogP) is 1.83. The summed E-state index contributed by atoms with van der Waals surface area (Å²) in [5.41, 5.74) is 1.80. The highest BCUT2D eigenvalue weighted by Crippen LogP contribution is 2.04. The maximum atomic E-state index is 12.1. The lowest BCUT2D eigenvalue weighted by Gasteiger charge is -2.22. The van der Waals surface area contributed by atoms with Crippen molar-refractivity contribution >= 4 is 12.0 Å². The SMILES string of the molecule is COCC(C)N(C)C(=O)C=Cc1cn(Cc2ccccc2)nn1. The Labute approximate surface area is 136 Å². The van der Waals surface area contributed by atoms with Crippen molar-refractivity contribution in [3.8, 4) is 0 Å². The van der Waals surface area contributed by atoms with Crippen molar-refractivity contribution < 1.29 is 9.53 Å². The molecule has 122 valence electrons. The van der Waals surface area contributed by atoms with Crippen LogP contribution in [0, 0.1) is 0 Å². The van der Waals surface area contributed by atoms with Crippen LogP contribution in [0.2, 0.25) is 0 Å². The number of hydrogen-bond acceptors (Lipinski definition) is 4. The lowest BCUT2D eigenvalue weighted by molar-refractivity contribution is -0.127. The van der Waals surface area contributed by atoms with Gasteiger partial charge in [-0.25, -0.2) is 4.68 Å². The van der Waals surface area contributed by atoms with Crippen molar-refractivity contribution in [2.75, 3.05) is 20.8 Å². The average molecular weight is 314 g/mol. The van der Waals surface area contributed by atoms with Crippen LogP contribution in [0.4, 0.5) is 0 Å². The van der Waals surface area contributed by atoms with Crippen LogP contribution in [-0.2, 0) is 16.1 Å². The normalized spacial score (nSPS) is 12.5. The largest absolute Gasteiger partial charge is 0.383 e. The van der Waals surface area contributed by atoms with Crippen molar-refractivity contribution in [2.45, 2.75) is 19.5 Å². The summed E-state index contributed by atoms with van der Waals surface area (Å²) in [7, 11) is 3.37. The van der Waals surface area contributed by atoms with Gasteiger partial charge in [0.1, 0.15) is 5.69 Å². The molecule has 1 heterocycles. The number of ether oxygens (including phenoxy) is 1. The molecule has 1 atom stereocenters. The molecular formula is C17H22N4O2. The van der Waals surface area contributed by atoms with Crippen LogP contribution in [0.15, 0.2) is 42.6 Å². The highest BCUT2D eigenvalue weighted by Gasteiger charge is 2.12. The Hall–Kier alpha value is -2.47. The molecule has 1 aromatic heterocycles. The second-order valence-electron chi connectivity index (χ2n) is 5.41. The van der Waals surface area contributed by atoms with Gasteiger partial charge in [-0.3, -0.25) is 4.79 Å². The lowest BCUT2D eigenvalue weighted by Crippen LogP contribution is -2.36.